The molecule has 0 aromatic carbocycles. The van der Waals surface area contributed by atoms with E-state index in [1.165, 1.54) is 11.3 Å². The van der Waals surface area contributed by atoms with Crippen LogP contribution in [-0.2, 0) is 11.3 Å². The van der Waals surface area contributed by atoms with Gasteiger partial charge in [0.05, 0.1) is 11.4 Å². The monoisotopic (exact) mass is 281 g/mol. The zero-order valence-electron chi connectivity index (χ0n) is 10.7. The summed E-state index contributed by atoms with van der Waals surface area (Å²) in [5.41, 5.74) is 0. The molecule has 0 spiro atoms. The zero-order chi connectivity index (χ0) is 13.8. The van der Waals surface area contributed by atoms with Crippen molar-refractivity contribution in [3.05, 3.63) is 23.4 Å². The van der Waals surface area contributed by atoms with E-state index < -0.39 is 12.0 Å². The Morgan fingerprint density at radius 2 is 2.42 bits per heavy atom. The van der Waals surface area contributed by atoms with Crippen LogP contribution in [-0.4, -0.2) is 39.2 Å². The highest BCUT2D eigenvalue weighted by Gasteiger charge is 2.22. The minimum absolute atomic E-state index is 0.323. The molecule has 0 fully saturated rings. The number of nitrogens with zero attached hydrogens (tertiary/aromatic N) is 3. The third-order valence-corrected chi connectivity index (χ3v) is 3.66. The number of thiophene rings is 1. The molecule has 2 rings (SSSR count). The predicted molar refractivity (Wildman–Crippen MR) is 70.8 cm³/mol. The number of aliphatic carboxylic acids is 1. The molecule has 1 unspecified atom stereocenters. The summed E-state index contributed by atoms with van der Waals surface area (Å²) in [6.45, 7) is 2.16. The van der Waals surface area contributed by atoms with Crippen molar-refractivity contribution in [1.29, 1.82) is 0 Å². The molecular formula is C12H15N3O3S. The van der Waals surface area contributed by atoms with Gasteiger partial charge in [-0.1, -0.05) is 18.1 Å². The molecule has 7 heteroatoms. The van der Waals surface area contributed by atoms with Crippen molar-refractivity contribution in [2.24, 2.45) is 0 Å². The van der Waals surface area contributed by atoms with Crippen molar-refractivity contribution in [2.75, 3.05) is 7.05 Å². The maximum absolute atomic E-state index is 11.0. The third-order valence-electron chi connectivity index (χ3n) is 2.80. The second-order valence-corrected chi connectivity index (χ2v) is 5.11. The smallest absolute Gasteiger partial charge is 0.320 e. The summed E-state index contributed by atoms with van der Waals surface area (Å²) >= 11 is 1.53. The molecule has 0 saturated heterocycles. The van der Waals surface area contributed by atoms with E-state index in [0.717, 1.165) is 4.88 Å². The van der Waals surface area contributed by atoms with Crippen LogP contribution in [0.4, 0.5) is 0 Å². The van der Waals surface area contributed by atoms with Gasteiger partial charge in [0.1, 0.15) is 6.04 Å². The molecule has 2 heterocycles. The molecule has 1 atom stereocenters. The molecule has 0 bridgehead atoms. The highest BCUT2D eigenvalue weighted by molar-refractivity contribution is 7.13. The number of rotatable bonds is 6. The van der Waals surface area contributed by atoms with Gasteiger partial charge in [-0.25, -0.2) is 0 Å². The number of hydrogen-bond donors (Lipinski definition) is 1. The van der Waals surface area contributed by atoms with Crippen LogP contribution in [0, 0.1) is 0 Å². The van der Waals surface area contributed by atoms with Crippen LogP contribution in [0.25, 0.3) is 10.7 Å². The first-order valence-electron chi connectivity index (χ1n) is 5.91. The van der Waals surface area contributed by atoms with E-state index in [1.54, 1.807) is 11.9 Å². The molecule has 102 valence electrons. The van der Waals surface area contributed by atoms with Crippen molar-refractivity contribution in [3.63, 3.8) is 0 Å². The average molecular weight is 281 g/mol. The summed E-state index contributed by atoms with van der Waals surface area (Å²) in [5.74, 6) is 0.121. The molecule has 1 N–H and O–H groups in total. The summed E-state index contributed by atoms with van der Waals surface area (Å²) in [4.78, 5) is 17.9. The predicted octanol–water partition coefficient (Wildman–Crippen LogP) is 2.09. The minimum Gasteiger partial charge on any atom is -0.480 e. The fourth-order valence-electron chi connectivity index (χ4n) is 1.82. The molecule has 19 heavy (non-hydrogen) atoms. The van der Waals surface area contributed by atoms with Crippen LogP contribution >= 0.6 is 11.3 Å². The Balaban J connectivity index is 2.06. The lowest BCUT2D eigenvalue weighted by atomic mass is 10.2. The fourth-order valence-corrected chi connectivity index (χ4v) is 2.47. The van der Waals surface area contributed by atoms with Crippen molar-refractivity contribution in [1.82, 2.24) is 15.0 Å². The number of carbonyl (C=O) groups is 1. The molecule has 6 nitrogen and oxygen atoms in total. The second kappa shape index (κ2) is 5.94. The first-order chi connectivity index (χ1) is 9.11. The van der Waals surface area contributed by atoms with Crippen LogP contribution < -0.4 is 0 Å². The first kappa shape index (κ1) is 13.7. The Morgan fingerprint density at radius 1 is 1.63 bits per heavy atom. The van der Waals surface area contributed by atoms with E-state index in [0.29, 0.717) is 24.7 Å². The number of carboxylic acid groups (broad SMARTS) is 1. The van der Waals surface area contributed by atoms with Gasteiger partial charge in [-0.2, -0.15) is 4.98 Å². The number of aromatic nitrogens is 2. The Labute approximate surface area is 114 Å². The van der Waals surface area contributed by atoms with Crippen LogP contribution in [0.3, 0.4) is 0 Å². The fraction of sp³-hybridized carbons (Fsp3) is 0.417. The van der Waals surface area contributed by atoms with E-state index in [4.69, 9.17) is 9.63 Å². The lowest BCUT2D eigenvalue weighted by molar-refractivity contribution is -0.143. The summed E-state index contributed by atoms with van der Waals surface area (Å²) in [6.07, 6.45) is 0.526. The Kier molecular flexibility index (Phi) is 4.28. The van der Waals surface area contributed by atoms with Gasteiger partial charge in [0, 0.05) is 0 Å². The standard InChI is InChI=1S/C12H15N3O3S/c1-3-8(12(16)17)15(2)7-10-13-11(14-18-10)9-5-4-6-19-9/h4-6,8H,3,7H2,1-2H3,(H,16,17). The Hall–Kier alpha value is -1.73. The molecule has 0 saturated carbocycles. The quantitative estimate of drug-likeness (QED) is 0.873. The van der Waals surface area contributed by atoms with Crippen LogP contribution in [0.1, 0.15) is 19.2 Å². The Morgan fingerprint density at radius 3 is 3.00 bits per heavy atom. The lowest BCUT2D eigenvalue weighted by Gasteiger charge is -2.21. The van der Waals surface area contributed by atoms with Gasteiger partial charge in [0.2, 0.25) is 11.7 Å². The zero-order valence-corrected chi connectivity index (χ0v) is 11.6. The molecule has 0 amide bonds. The number of carboxylic acids is 1. The molecular weight excluding hydrogens is 266 g/mol. The molecule has 0 aliphatic heterocycles. The molecule has 0 aliphatic rings. The second-order valence-electron chi connectivity index (χ2n) is 4.17. The van der Waals surface area contributed by atoms with Crippen molar-refractivity contribution < 1.29 is 14.4 Å². The Bertz CT molecular complexity index is 538. The average Bonchev–Trinajstić information content (AvgIpc) is 2.98. The van der Waals surface area contributed by atoms with Crippen molar-refractivity contribution in [2.45, 2.75) is 25.9 Å². The number of hydrogen-bond acceptors (Lipinski definition) is 6. The van der Waals surface area contributed by atoms with Crippen LogP contribution in [0.15, 0.2) is 22.0 Å². The van der Waals surface area contributed by atoms with Gasteiger partial charge >= 0.3 is 5.97 Å². The third kappa shape index (κ3) is 3.18. The summed E-state index contributed by atoms with van der Waals surface area (Å²) < 4.78 is 5.14. The molecule has 2 aromatic heterocycles. The van der Waals surface area contributed by atoms with Gasteiger partial charge in [-0.15, -0.1) is 11.3 Å². The summed E-state index contributed by atoms with van der Waals surface area (Å²) in [7, 11) is 1.73. The summed E-state index contributed by atoms with van der Waals surface area (Å²) in [6, 6.07) is 3.28. The SMILES string of the molecule is CCC(C(=O)O)N(C)Cc1nc(-c2cccs2)no1. The van der Waals surface area contributed by atoms with Crippen LogP contribution in [0.5, 0.6) is 0 Å². The van der Waals surface area contributed by atoms with Gasteiger partial charge in [-0.05, 0) is 24.9 Å². The number of likely N-dealkylation sites (N-methyl/N-ethyl adjacent to an activating group) is 1. The van der Waals surface area contributed by atoms with Crippen molar-refractivity contribution >= 4 is 17.3 Å². The molecule has 0 aliphatic carbocycles. The van der Waals surface area contributed by atoms with E-state index in [1.807, 2.05) is 24.4 Å². The molecule has 0 radical (unpaired) electrons. The van der Waals surface area contributed by atoms with Gasteiger partial charge in [0.15, 0.2) is 0 Å². The van der Waals surface area contributed by atoms with E-state index >= 15 is 0 Å². The highest BCUT2D eigenvalue weighted by Crippen LogP contribution is 2.21. The topological polar surface area (TPSA) is 79.5 Å². The normalized spacial score (nSPS) is 12.8. The van der Waals surface area contributed by atoms with E-state index in [2.05, 4.69) is 10.1 Å². The minimum atomic E-state index is -0.844. The summed E-state index contributed by atoms with van der Waals surface area (Å²) in [5, 5.41) is 14.9. The van der Waals surface area contributed by atoms with Crippen molar-refractivity contribution in [3.8, 4) is 10.7 Å². The van der Waals surface area contributed by atoms with E-state index in [9.17, 15) is 4.79 Å². The van der Waals surface area contributed by atoms with Gasteiger partial charge in [-0.3, -0.25) is 9.69 Å². The van der Waals surface area contributed by atoms with Gasteiger partial charge in [0.25, 0.3) is 0 Å². The lowest BCUT2D eigenvalue weighted by Crippen LogP contribution is -2.37. The van der Waals surface area contributed by atoms with Crippen LogP contribution in [0.2, 0.25) is 0 Å². The molecule has 2 aromatic rings. The van der Waals surface area contributed by atoms with Gasteiger partial charge < -0.3 is 9.63 Å². The first-order valence-corrected chi connectivity index (χ1v) is 6.79. The maximum atomic E-state index is 11.0. The maximum Gasteiger partial charge on any atom is 0.320 e. The van der Waals surface area contributed by atoms with E-state index in [-0.39, 0.29) is 0 Å². The largest absolute Gasteiger partial charge is 0.480 e. The highest BCUT2D eigenvalue weighted by atomic mass is 32.1.